The van der Waals surface area contributed by atoms with E-state index in [-0.39, 0.29) is 24.0 Å². The molecule has 1 unspecified atom stereocenters. The van der Waals surface area contributed by atoms with Crippen LogP contribution < -0.4 is 10.6 Å². The predicted octanol–water partition coefficient (Wildman–Crippen LogP) is 2.78. The molecule has 148 valence electrons. The van der Waals surface area contributed by atoms with E-state index in [4.69, 9.17) is 0 Å². The number of guanidine groups is 1. The van der Waals surface area contributed by atoms with Gasteiger partial charge in [-0.1, -0.05) is 44.2 Å². The molecule has 1 heterocycles. The van der Waals surface area contributed by atoms with Crippen molar-refractivity contribution in [2.24, 2.45) is 4.99 Å². The largest absolute Gasteiger partial charge is 0.355 e. The Hall–Kier alpha value is -0.860. The van der Waals surface area contributed by atoms with Crippen molar-refractivity contribution in [2.45, 2.75) is 39.3 Å². The van der Waals surface area contributed by atoms with Gasteiger partial charge in [-0.2, -0.15) is 0 Å². The van der Waals surface area contributed by atoms with Crippen LogP contribution >= 0.6 is 24.0 Å². The minimum Gasteiger partial charge on any atom is -0.355 e. The monoisotopic (exact) mass is 473 g/mol. The average Bonchev–Trinajstić information content (AvgIpc) is 3.09. The highest BCUT2D eigenvalue weighted by atomic mass is 127. The van der Waals surface area contributed by atoms with Crippen molar-refractivity contribution in [3.63, 3.8) is 0 Å². The van der Waals surface area contributed by atoms with E-state index in [1.165, 1.54) is 24.9 Å². The van der Waals surface area contributed by atoms with Gasteiger partial charge in [0.1, 0.15) is 0 Å². The van der Waals surface area contributed by atoms with E-state index in [0.717, 1.165) is 45.2 Å². The number of hydrogen-bond acceptors (Lipinski definition) is 3. The maximum atomic E-state index is 4.36. The van der Waals surface area contributed by atoms with Crippen LogP contribution in [0, 0.1) is 0 Å². The number of aliphatic imine (C=N–C) groups is 1. The first-order valence-corrected chi connectivity index (χ1v) is 9.71. The number of nitrogens with one attached hydrogen (secondary N) is 2. The van der Waals surface area contributed by atoms with E-state index in [2.05, 4.69) is 69.6 Å². The van der Waals surface area contributed by atoms with E-state index < -0.39 is 0 Å². The number of halogens is 1. The second kappa shape index (κ2) is 13.3. The van der Waals surface area contributed by atoms with E-state index in [1.54, 1.807) is 0 Å². The number of hydrogen-bond donors (Lipinski definition) is 2. The van der Waals surface area contributed by atoms with Crippen LogP contribution in [-0.2, 0) is 6.54 Å². The molecule has 1 aromatic rings. The summed E-state index contributed by atoms with van der Waals surface area (Å²) in [5, 5.41) is 6.95. The third-order valence-corrected chi connectivity index (χ3v) is 5.07. The molecule has 1 aromatic carbocycles. The Kier molecular flexibility index (Phi) is 11.9. The lowest BCUT2D eigenvalue weighted by atomic mass is 10.2. The van der Waals surface area contributed by atoms with Gasteiger partial charge in [0, 0.05) is 39.3 Å². The number of likely N-dealkylation sites (N-methyl/N-ethyl adjacent to an activating group) is 1. The van der Waals surface area contributed by atoms with Gasteiger partial charge in [-0.05, 0) is 38.0 Å². The van der Waals surface area contributed by atoms with Gasteiger partial charge in [-0.15, -0.1) is 24.0 Å². The molecule has 1 saturated heterocycles. The maximum Gasteiger partial charge on any atom is 0.191 e. The van der Waals surface area contributed by atoms with Gasteiger partial charge < -0.3 is 15.5 Å². The molecule has 2 N–H and O–H groups in total. The molecule has 0 aromatic heterocycles. The fraction of sp³-hybridized carbons (Fsp3) is 0.650. The second-order valence-electron chi connectivity index (χ2n) is 6.66. The molecule has 0 amide bonds. The molecule has 1 fully saturated rings. The van der Waals surface area contributed by atoms with Gasteiger partial charge in [0.05, 0.1) is 0 Å². The third kappa shape index (κ3) is 7.80. The molecule has 2 rings (SSSR count). The van der Waals surface area contributed by atoms with Crippen LogP contribution in [0.25, 0.3) is 0 Å². The van der Waals surface area contributed by atoms with E-state index >= 15 is 0 Å². The Balaban J connectivity index is 0.00000338. The Morgan fingerprint density at radius 2 is 1.92 bits per heavy atom. The van der Waals surface area contributed by atoms with Crippen LogP contribution in [0.1, 0.15) is 32.3 Å². The Labute approximate surface area is 176 Å². The van der Waals surface area contributed by atoms with Gasteiger partial charge in [0.25, 0.3) is 0 Å². The highest BCUT2D eigenvalue weighted by Crippen LogP contribution is 2.19. The number of rotatable bonds is 9. The highest BCUT2D eigenvalue weighted by molar-refractivity contribution is 14.0. The van der Waals surface area contributed by atoms with Crippen LogP contribution in [0.2, 0.25) is 0 Å². The maximum absolute atomic E-state index is 4.36. The fourth-order valence-corrected chi connectivity index (χ4v) is 3.46. The van der Waals surface area contributed by atoms with Crippen molar-refractivity contribution in [3.8, 4) is 0 Å². The molecule has 0 aliphatic carbocycles. The zero-order chi connectivity index (χ0) is 17.9. The lowest BCUT2D eigenvalue weighted by Gasteiger charge is -2.26. The molecule has 26 heavy (non-hydrogen) atoms. The summed E-state index contributed by atoms with van der Waals surface area (Å²) in [4.78, 5) is 9.37. The Bertz CT molecular complexity index is 504. The summed E-state index contributed by atoms with van der Waals surface area (Å²) in [5.74, 6) is 0.915. The van der Waals surface area contributed by atoms with E-state index in [0.29, 0.717) is 6.04 Å². The molecular weight excluding hydrogens is 437 g/mol. The first-order chi connectivity index (χ1) is 12.3. The topological polar surface area (TPSA) is 42.9 Å². The molecule has 0 radical (unpaired) electrons. The zero-order valence-electron chi connectivity index (χ0n) is 16.6. The molecule has 1 atom stereocenters. The lowest BCUT2D eigenvalue weighted by molar-refractivity contribution is 0.245. The average molecular weight is 473 g/mol. The lowest BCUT2D eigenvalue weighted by Crippen LogP contribution is -2.46. The van der Waals surface area contributed by atoms with Gasteiger partial charge >= 0.3 is 0 Å². The number of nitrogens with zero attached hydrogens (tertiary/aromatic N) is 3. The number of likely N-dealkylation sites (tertiary alicyclic amines) is 1. The Morgan fingerprint density at radius 1 is 1.19 bits per heavy atom. The molecule has 6 heteroatoms. The Morgan fingerprint density at radius 3 is 2.58 bits per heavy atom. The normalized spacial score (nSPS) is 18.0. The van der Waals surface area contributed by atoms with E-state index in [1.807, 2.05) is 7.05 Å². The molecular formula is C20H36IN5. The highest BCUT2D eigenvalue weighted by Gasteiger charge is 2.24. The van der Waals surface area contributed by atoms with Crippen molar-refractivity contribution < 1.29 is 0 Å². The third-order valence-electron chi connectivity index (χ3n) is 5.07. The first-order valence-electron chi connectivity index (χ1n) is 9.71. The van der Waals surface area contributed by atoms with Gasteiger partial charge in [-0.25, -0.2) is 0 Å². The minimum absolute atomic E-state index is 0. The molecule has 0 saturated carbocycles. The van der Waals surface area contributed by atoms with Gasteiger partial charge in [0.15, 0.2) is 5.96 Å². The summed E-state index contributed by atoms with van der Waals surface area (Å²) < 4.78 is 0. The van der Waals surface area contributed by atoms with Crippen LogP contribution in [0.4, 0.5) is 0 Å². The predicted molar refractivity (Wildman–Crippen MR) is 122 cm³/mol. The van der Waals surface area contributed by atoms with Crippen LogP contribution in [0.15, 0.2) is 35.3 Å². The van der Waals surface area contributed by atoms with Crippen molar-refractivity contribution in [1.29, 1.82) is 0 Å². The van der Waals surface area contributed by atoms with Crippen LogP contribution in [-0.4, -0.2) is 68.1 Å². The summed E-state index contributed by atoms with van der Waals surface area (Å²) in [7, 11) is 1.85. The molecule has 1 aliphatic heterocycles. The molecule has 5 nitrogen and oxygen atoms in total. The van der Waals surface area contributed by atoms with Crippen molar-refractivity contribution in [1.82, 2.24) is 20.4 Å². The summed E-state index contributed by atoms with van der Waals surface area (Å²) in [6, 6.07) is 11.4. The molecule has 1 aliphatic rings. The first kappa shape index (κ1) is 23.2. The van der Waals surface area contributed by atoms with Crippen LogP contribution in [0.3, 0.4) is 0 Å². The zero-order valence-corrected chi connectivity index (χ0v) is 18.9. The van der Waals surface area contributed by atoms with Gasteiger partial charge in [0.2, 0.25) is 0 Å². The second-order valence-corrected chi connectivity index (χ2v) is 6.66. The summed E-state index contributed by atoms with van der Waals surface area (Å²) in [5.41, 5.74) is 1.40. The van der Waals surface area contributed by atoms with Crippen molar-refractivity contribution in [3.05, 3.63) is 35.9 Å². The molecule has 0 spiro atoms. The smallest absolute Gasteiger partial charge is 0.191 e. The standard InChI is InChI=1S/C20H35N5.HI/c1-4-24(5-2)15-13-22-20(21-3)23-16-19-12-9-14-25(19)17-18-10-7-6-8-11-18;/h6-8,10-11,19H,4-5,9,12-17H2,1-3H3,(H2,21,22,23);1H. The number of benzene rings is 1. The minimum atomic E-state index is 0. The fourth-order valence-electron chi connectivity index (χ4n) is 3.46. The van der Waals surface area contributed by atoms with Crippen molar-refractivity contribution >= 4 is 29.9 Å². The van der Waals surface area contributed by atoms with Crippen LogP contribution in [0.5, 0.6) is 0 Å². The quantitative estimate of drug-likeness (QED) is 0.329. The summed E-state index contributed by atoms with van der Waals surface area (Å²) >= 11 is 0. The molecule has 0 bridgehead atoms. The van der Waals surface area contributed by atoms with Crippen molar-refractivity contribution in [2.75, 3.05) is 46.3 Å². The van der Waals surface area contributed by atoms with E-state index in [9.17, 15) is 0 Å². The van der Waals surface area contributed by atoms with Gasteiger partial charge in [-0.3, -0.25) is 9.89 Å². The SMILES string of the molecule is CCN(CC)CCNC(=NC)NCC1CCCN1Cc1ccccc1.I. The summed E-state index contributed by atoms with van der Waals surface area (Å²) in [6.07, 6.45) is 2.55. The summed E-state index contributed by atoms with van der Waals surface area (Å²) in [6.45, 7) is 11.8.